The van der Waals surface area contributed by atoms with Crippen molar-refractivity contribution >= 4 is 23.2 Å². The molecule has 238 valence electrons. The number of hydrogen-bond donors (Lipinski definition) is 3. The molecule has 0 spiro atoms. The predicted molar refractivity (Wildman–Crippen MR) is 159 cm³/mol. The predicted octanol–water partition coefficient (Wildman–Crippen LogP) is 4.60. The van der Waals surface area contributed by atoms with Gasteiger partial charge in [-0.05, 0) is 59.5 Å². The van der Waals surface area contributed by atoms with Crippen LogP contribution in [0.1, 0.15) is 103 Å². The Kier molecular flexibility index (Phi) is 15.3. The number of carbonyl (C=O) groups excluding carboxylic acids is 1. The molecule has 0 aromatic carbocycles. The molecule has 41 heavy (non-hydrogen) atoms. The Bertz CT molecular complexity index is 945. The molecule has 3 N–H and O–H groups in total. The smallest absolute Gasteiger partial charge is 0.329 e. The van der Waals surface area contributed by atoms with Crippen LogP contribution < -0.4 is 10.8 Å². The van der Waals surface area contributed by atoms with Gasteiger partial charge in [0.1, 0.15) is 28.1 Å². The van der Waals surface area contributed by atoms with Crippen molar-refractivity contribution in [1.29, 1.82) is 0 Å². The molecule has 0 aliphatic heterocycles. The van der Waals surface area contributed by atoms with Crippen molar-refractivity contribution in [3.63, 3.8) is 0 Å². The molecule has 0 fully saturated rings. The number of hydrogen-bond acceptors (Lipinski definition) is 11. The van der Waals surface area contributed by atoms with Crippen LogP contribution >= 0.6 is 11.3 Å². The normalized spacial score (nSPS) is 17.0. The van der Waals surface area contributed by atoms with Crippen LogP contribution in [0.25, 0.3) is 0 Å². The summed E-state index contributed by atoms with van der Waals surface area (Å²) in [6.07, 6.45) is 1.24. The van der Waals surface area contributed by atoms with Gasteiger partial charge in [-0.1, -0.05) is 41.0 Å². The summed E-state index contributed by atoms with van der Waals surface area (Å²) in [7, 11) is 7.20. The molecule has 0 aliphatic carbocycles. The zero-order valence-electron chi connectivity index (χ0n) is 26.9. The van der Waals surface area contributed by atoms with Crippen molar-refractivity contribution in [2.24, 2.45) is 11.8 Å². The highest BCUT2D eigenvalue weighted by atomic mass is 32.1. The minimum absolute atomic E-state index is 0.119. The monoisotopic (exact) mass is 603 g/mol. The van der Waals surface area contributed by atoms with Gasteiger partial charge >= 0.3 is 5.97 Å². The van der Waals surface area contributed by atoms with Crippen molar-refractivity contribution in [2.75, 3.05) is 28.3 Å². The van der Waals surface area contributed by atoms with Crippen LogP contribution in [0.3, 0.4) is 0 Å². The second kappa shape index (κ2) is 16.8. The van der Waals surface area contributed by atoms with Crippen LogP contribution in [0.5, 0.6) is 0 Å². The molecular weight excluding hydrogens is 550 g/mol. The number of nitrogens with zero attached hydrogens (tertiary/aromatic N) is 3. The molecule has 0 radical (unpaired) electrons. The third-order valence-electron chi connectivity index (χ3n) is 7.49. The molecule has 1 aromatic heterocycles. The van der Waals surface area contributed by atoms with E-state index in [1.54, 1.807) is 5.38 Å². The summed E-state index contributed by atoms with van der Waals surface area (Å²) in [4.78, 5) is 54.2. The maximum atomic E-state index is 12.9. The number of carboxylic acids is 1. The summed E-state index contributed by atoms with van der Waals surface area (Å²) < 4.78 is 0. The summed E-state index contributed by atoms with van der Waals surface area (Å²) in [5.74, 6) is -1.33. The first-order valence-electron chi connectivity index (χ1n) is 14.2. The molecular formula is C28H53N5O7S. The van der Waals surface area contributed by atoms with E-state index in [4.69, 9.17) is 19.5 Å². The van der Waals surface area contributed by atoms with Gasteiger partial charge in [0.05, 0.1) is 7.11 Å². The summed E-state index contributed by atoms with van der Waals surface area (Å²) in [5, 5.41) is 16.2. The zero-order valence-corrected chi connectivity index (χ0v) is 27.8. The van der Waals surface area contributed by atoms with Crippen molar-refractivity contribution in [1.82, 2.24) is 25.7 Å². The molecule has 0 bridgehead atoms. The number of rotatable bonds is 20. The number of carboxylic acid groups (broad SMARTS) is 1. The minimum Gasteiger partial charge on any atom is -0.480 e. The molecule has 0 aliphatic rings. The van der Waals surface area contributed by atoms with Gasteiger partial charge in [0.15, 0.2) is 6.23 Å². The SMILES string of the molecule is CCCC(C)(NC(=O)c1csc([C@@H](C[C@H](C(C)C)N(C)O[C@H](NOC(C)(C)N(C)C)[C@@H](C)CC)OOC)n1)C(=O)O. The van der Waals surface area contributed by atoms with E-state index in [0.29, 0.717) is 24.3 Å². The standard InChI is InChI=1S/C28H53N5O7S/c1-13-15-28(8,26(35)36)30-23(34)20-17-41-25(29-20)22(39-37-12)16-21(18(3)4)33(11)38-24(19(5)14-2)31-40-27(6,7)32(9)10/h17-19,21-22,24,31H,13-16H2,1-12H3,(H,30,34)(H,35,36)/t19-,21+,22+,24-,28?/m0/s1. The van der Waals surface area contributed by atoms with Crippen LogP contribution in [-0.4, -0.2) is 83.7 Å². The van der Waals surface area contributed by atoms with Gasteiger partial charge in [-0.2, -0.15) is 10.5 Å². The van der Waals surface area contributed by atoms with Crippen LogP contribution in [0.15, 0.2) is 5.38 Å². The van der Waals surface area contributed by atoms with E-state index >= 15 is 0 Å². The first-order chi connectivity index (χ1) is 19.0. The lowest BCUT2D eigenvalue weighted by Gasteiger charge is -2.38. The highest BCUT2D eigenvalue weighted by Gasteiger charge is 2.36. The summed E-state index contributed by atoms with van der Waals surface area (Å²) in [6.45, 7) is 15.7. The molecule has 1 rings (SSSR count). The minimum atomic E-state index is -1.38. The lowest BCUT2D eigenvalue weighted by atomic mass is 9.96. The zero-order chi connectivity index (χ0) is 31.5. The molecule has 1 unspecified atom stereocenters. The van der Waals surface area contributed by atoms with E-state index in [2.05, 4.69) is 43.5 Å². The lowest BCUT2D eigenvalue weighted by Crippen LogP contribution is -2.52. The largest absolute Gasteiger partial charge is 0.480 e. The number of aromatic nitrogens is 1. The topological polar surface area (TPSA) is 135 Å². The Morgan fingerprint density at radius 2 is 1.78 bits per heavy atom. The van der Waals surface area contributed by atoms with Crippen LogP contribution in [0.4, 0.5) is 0 Å². The molecule has 1 heterocycles. The van der Waals surface area contributed by atoms with Crippen molar-refractivity contribution < 1.29 is 34.1 Å². The first kappa shape index (κ1) is 37.3. The van der Waals surface area contributed by atoms with Gasteiger partial charge in [0, 0.05) is 24.9 Å². The summed E-state index contributed by atoms with van der Waals surface area (Å²) >= 11 is 1.25. The van der Waals surface area contributed by atoms with E-state index in [9.17, 15) is 14.7 Å². The van der Waals surface area contributed by atoms with Crippen LogP contribution in [-0.2, 0) is 24.2 Å². The lowest BCUT2D eigenvalue weighted by molar-refractivity contribution is -0.321. The molecule has 12 nitrogen and oxygen atoms in total. The fraction of sp³-hybridized carbons (Fsp3) is 0.821. The molecule has 13 heteroatoms. The highest BCUT2D eigenvalue weighted by Crippen LogP contribution is 2.31. The Morgan fingerprint density at radius 1 is 1.15 bits per heavy atom. The van der Waals surface area contributed by atoms with Crippen molar-refractivity contribution in [2.45, 2.75) is 111 Å². The Labute approximate surface area is 249 Å². The number of nitrogens with one attached hydrogen (secondary N) is 2. The number of thiazole rings is 1. The average Bonchev–Trinajstić information content (AvgIpc) is 3.38. The van der Waals surface area contributed by atoms with E-state index in [-0.39, 0.29) is 23.6 Å². The maximum Gasteiger partial charge on any atom is 0.329 e. The van der Waals surface area contributed by atoms with E-state index in [0.717, 1.165) is 6.42 Å². The van der Waals surface area contributed by atoms with Gasteiger partial charge < -0.3 is 10.4 Å². The van der Waals surface area contributed by atoms with E-state index in [1.807, 2.05) is 51.9 Å². The molecule has 5 atom stereocenters. The summed E-state index contributed by atoms with van der Waals surface area (Å²) in [6, 6.07) is -0.119. The summed E-state index contributed by atoms with van der Waals surface area (Å²) in [5.41, 5.74) is 1.32. The first-order valence-corrected chi connectivity index (χ1v) is 15.1. The fourth-order valence-electron chi connectivity index (χ4n) is 3.94. The number of hydroxylamine groups is 3. The van der Waals surface area contributed by atoms with Crippen molar-refractivity contribution in [3.05, 3.63) is 16.1 Å². The Balaban J connectivity index is 3.11. The molecule has 0 saturated carbocycles. The van der Waals surface area contributed by atoms with Gasteiger partial charge in [-0.15, -0.1) is 11.3 Å². The fourth-order valence-corrected chi connectivity index (χ4v) is 4.77. The van der Waals surface area contributed by atoms with Gasteiger partial charge in [0.25, 0.3) is 5.91 Å². The van der Waals surface area contributed by atoms with Crippen molar-refractivity contribution in [3.8, 4) is 0 Å². The molecule has 0 saturated heterocycles. The Hall–Kier alpha value is -1.71. The van der Waals surface area contributed by atoms with Gasteiger partial charge in [-0.25, -0.2) is 19.6 Å². The Morgan fingerprint density at radius 3 is 2.27 bits per heavy atom. The third-order valence-corrected chi connectivity index (χ3v) is 8.43. The van der Waals surface area contributed by atoms with E-state index < -0.39 is 35.5 Å². The van der Waals surface area contributed by atoms with Crippen LogP contribution in [0.2, 0.25) is 0 Å². The molecule has 1 amide bonds. The van der Waals surface area contributed by atoms with E-state index in [1.165, 1.54) is 25.4 Å². The number of aliphatic carboxylic acids is 1. The number of carbonyl (C=O) groups is 2. The van der Waals surface area contributed by atoms with Crippen LogP contribution in [0, 0.1) is 11.8 Å². The van der Waals surface area contributed by atoms with Gasteiger partial charge in [0.2, 0.25) is 0 Å². The third kappa shape index (κ3) is 11.1. The average molecular weight is 604 g/mol. The maximum absolute atomic E-state index is 12.9. The highest BCUT2D eigenvalue weighted by molar-refractivity contribution is 7.09. The number of amides is 1. The quantitative estimate of drug-likeness (QED) is 0.110. The second-order valence-corrected chi connectivity index (χ2v) is 12.6. The molecule has 1 aromatic rings. The van der Waals surface area contributed by atoms with Gasteiger partial charge in [-0.3, -0.25) is 19.4 Å². The second-order valence-electron chi connectivity index (χ2n) is 11.7.